The van der Waals surface area contributed by atoms with Crippen molar-refractivity contribution in [3.05, 3.63) is 35.4 Å². The van der Waals surface area contributed by atoms with E-state index >= 15 is 0 Å². The first-order chi connectivity index (χ1) is 16.7. The van der Waals surface area contributed by atoms with E-state index in [0.717, 1.165) is 47.5 Å². The molecule has 0 spiro atoms. The largest absolute Gasteiger partial charge is 0.416 e. The molecule has 4 aliphatic rings. The highest BCUT2D eigenvalue weighted by molar-refractivity contribution is 8.14. The number of thioether (sulfide) groups is 1. The van der Waals surface area contributed by atoms with E-state index in [9.17, 15) is 18.0 Å². The molecule has 5 nitrogen and oxygen atoms in total. The first kappa shape index (κ1) is 24.9. The molecule has 2 bridgehead atoms. The maximum absolute atomic E-state index is 12.7. The minimum absolute atomic E-state index is 0.0610. The molecule has 2 heterocycles. The van der Waals surface area contributed by atoms with Crippen molar-refractivity contribution in [2.45, 2.75) is 75.4 Å². The van der Waals surface area contributed by atoms with Crippen LogP contribution in [0.5, 0.6) is 0 Å². The van der Waals surface area contributed by atoms with Crippen LogP contribution >= 0.6 is 11.8 Å². The third kappa shape index (κ3) is 5.66. The summed E-state index contributed by atoms with van der Waals surface area (Å²) < 4.78 is 44.3. The quantitative estimate of drug-likeness (QED) is 0.574. The predicted octanol–water partition coefficient (Wildman–Crippen LogP) is 5.45. The van der Waals surface area contributed by atoms with Crippen molar-refractivity contribution in [2.75, 3.05) is 19.8 Å². The number of aliphatic imine (C=N–C) groups is 1. The lowest BCUT2D eigenvalue weighted by Gasteiger charge is -2.43. The number of rotatable bonds is 5. The Morgan fingerprint density at radius 3 is 2.54 bits per heavy atom. The van der Waals surface area contributed by atoms with Gasteiger partial charge in [-0.25, -0.2) is 4.99 Å². The van der Waals surface area contributed by atoms with Gasteiger partial charge in [-0.3, -0.25) is 4.79 Å². The number of carbonyl (C=O) groups excluding carboxylic acids is 1. The molecule has 2 saturated carbocycles. The molecule has 3 fully saturated rings. The molecule has 1 unspecified atom stereocenters. The van der Waals surface area contributed by atoms with Crippen LogP contribution in [0.15, 0.2) is 29.3 Å². The average Bonchev–Trinajstić information content (AvgIpc) is 3.46. The van der Waals surface area contributed by atoms with E-state index in [-0.39, 0.29) is 10.8 Å². The van der Waals surface area contributed by atoms with Gasteiger partial charge in [-0.2, -0.15) is 13.2 Å². The summed E-state index contributed by atoms with van der Waals surface area (Å²) in [5.41, 5.74) is 0.0837. The van der Waals surface area contributed by atoms with E-state index in [1.807, 2.05) is 4.90 Å². The monoisotopic (exact) mass is 509 g/mol. The third-order valence-corrected chi connectivity index (χ3v) is 9.70. The minimum atomic E-state index is -4.34. The summed E-state index contributed by atoms with van der Waals surface area (Å²) in [5.74, 6) is 2.06. The van der Waals surface area contributed by atoms with Crippen LogP contribution in [0.3, 0.4) is 0 Å². The van der Waals surface area contributed by atoms with Crippen LogP contribution < -0.4 is 5.32 Å². The summed E-state index contributed by atoms with van der Waals surface area (Å²) in [4.78, 5) is 18.9. The number of hydrogen-bond acceptors (Lipinski definition) is 5. The molecule has 1 aromatic rings. The Hall–Kier alpha value is -1.74. The van der Waals surface area contributed by atoms with Crippen molar-refractivity contribution in [1.82, 2.24) is 10.2 Å². The van der Waals surface area contributed by atoms with Gasteiger partial charge in [0.2, 0.25) is 5.91 Å². The summed E-state index contributed by atoms with van der Waals surface area (Å²) in [6.07, 6.45) is 3.49. The van der Waals surface area contributed by atoms with Crippen LogP contribution in [0.25, 0.3) is 0 Å². The highest BCUT2D eigenvalue weighted by Gasteiger charge is 2.44. The Balaban J connectivity index is 1.08. The topological polar surface area (TPSA) is 53.9 Å². The second-order valence-electron chi connectivity index (χ2n) is 10.6. The molecular weight excluding hydrogens is 475 g/mol. The van der Waals surface area contributed by atoms with Gasteiger partial charge in [-0.05, 0) is 75.0 Å². The maximum Gasteiger partial charge on any atom is 0.416 e. The van der Waals surface area contributed by atoms with E-state index in [1.54, 1.807) is 11.8 Å². The number of ether oxygens (including phenoxy) is 1. The maximum atomic E-state index is 12.7. The third-order valence-electron chi connectivity index (χ3n) is 8.40. The van der Waals surface area contributed by atoms with E-state index < -0.39 is 11.7 Å². The Morgan fingerprint density at radius 1 is 1.17 bits per heavy atom. The Kier molecular flexibility index (Phi) is 7.09. The second kappa shape index (κ2) is 9.96. The summed E-state index contributed by atoms with van der Waals surface area (Å²) in [5, 5.41) is 4.73. The fourth-order valence-corrected chi connectivity index (χ4v) is 7.48. The molecule has 1 N–H and O–H groups in total. The van der Waals surface area contributed by atoms with Crippen LogP contribution in [0, 0.1) is 17.8 Å². The number of nitrogens with zero attached hydrogens (tertiary/aromatic N) is 2. The van der Waals surface area contributed by atoms with Crippen LogP contribution in [0.4, 0.5) is 13.2 Å². The van der Waals surface area contributed by atoms with Gasteiger partial charge in [-0.15, -0.1) is 0 Å². The fraction of sp³-hybridized carbons (Fsp3) is 0.692. The highest BCUT2D eigenvalue weighted by atomic mass is 32.2. The minimum Gasteiger partial charge on any atom is -0.362 e. The van der Waals surface area contributed by atoms with Crippen molar-refractivity contribution in [2.24, 2.45) is 22.7 Å². The molecule has 35 heavy (non-hydrogen) atoms. The molecule has 2 aliphatic heterocycles. The molecule has 5 rings (SSSR count). The van der Waals surface area contributed by atoms with E-state index in [1.165, 1.54) is 37.8 Å². The Morgan fingerprint density at radius 2 is 1.91 bits per heavy atom. The lowest BCUT2D eigenvalue weighted by atomic mass is 9.91. The predicted molar refractivity (Wildman–Crippen MR) is 131 cm³/mol. The molecule has 1 aromatic carbocycles. The zero-order valence-electron chi connectivity index (χ0n) is 20.2. The molecule has 4 atom stereocenters. The second-order valence-corrected chi connectivity index (χ2v) is 12.0. The van der Waals surface area contributed by atoms with E-state index in [4.69, 9.17) is 4.74 Å². The fourth-order valence-electron chi connectivity index (χ4n) is 6.25. The van der Waals surface area contributed by atoms with Crippen molar-refractivity contribution < 1.29 is 22.7 Å². The van der Waals surface area contributed by atoms with E-state index in [0.29, 0.717) is 44.6 Å². The number of fused-ring (bicyclic) bond motifs is 2. The number of carbonyl (C=O) groups is 1. The van der Waals surface area contributed by atoms with Crippen LogP contribution in [-0.2, 0) is 22.1 Å². The lowest BCUT2D eigenvalue weighted by molar-refractivity contribution is -0.137. The molecule has 0 radical (unpaired) electrons. The first-order valence-corrected chi connectivity index (χ1v) is 13.6. The molecule has 1 amide bonds. The SMILES string of the molecule is CC1(C2CCN(C(=O)CCc3ccc(C(F)(F)F)cc3)CC2)OCN=C(N[C@H]2C[C@@H]3CC[C@H]2C3)S1. The smallest absolute Gasteiger partial charge is 0.362 e. The highest BCUT2D eigenvalue weighted by Crippen LogP contribution is 2.46. The van der Waals surface area contributed by atoms with Gasteiger partial charge in [0.15, 0.2) is 5.17 Å². The molecule has 0 aromatic heterocycles. The zero-order valence-corrected chi connectivity index (χ0v) is 21.0. The van der Waals surface area contributed by atoms with Gasteiger partial charge < -0.3 is 15.0 Å². The molecule has 2 aliphatic carbocycles. The van der Waals surface area contributed by atoms with Crippen molar-refractivity contribution in [3.63, 3.8) is 0 Å². The van der Waals surface area contributed by atoms with Crippen molar-refractivity contribution >= 4 is 22.8 Å². The summed E-state index contributed by atoms with van der Waals surface area (Å²) >= 11 is 1.71. The van der Waals surface area contributed by atoms with E-state index in [2.05, 4.69) is 17.2 Å². The normalized spacial score (nSPS) is 31.5. The average molecular weight is 510 g/mol. The number of aryl methyl sites for hydroxylation is 1. The Bertz CT molecular complexity index is 946. The summed E-state index contributed by atoms with van der Waals surface area (Å²) in [6.45, 7) is 3.89. The molecule has 192 valence electrons. The van der Waals surface area contributed by atoms with Gasteiger partial charge in [0.25, 0.3) is 0 Å². The number of alkyl halides is 3. The standard InChI is InChI=1S/C26H34F3N3O2S/c1-25(34-16-30-24(35-25)31-22-15-18-2-6-19(22)14-18)20-10-12-32(13-11-20)23(33)9-5-17-3-7-21(8-4-17)26(27,28)29/h3-4,7-8,18-20,22H,2,5-6,9-16H2,1H3,(H,30,31)/t18-,19+,22+,25?/m1/s1. The Labute approximate surface area is 209 Å². The number of amidine groups is 1. The first-order valence-electron chi connectivity index (χ1n) is 12.8. The summed E-state index contributed by atoms with van der Waals surface area (Å²) in [7, 11) is 0. The van der Waals surface area contributed by atoms with Crippen LogP contribution in [0.2, 0.25) is 0 Å². The van der Waals surface area contributed by atoms with Gasteiger partial charge >= 0.3 is 6.18 Å². The summed E-state index contributed by atoms with van der Waals surface area (Å²) in [6, 6.07) is 5.64. The molecule has 1 saturated heterocycles. The zero-order chi connectivity index (χ0) is 24.6. The van der Waals surface area contributed by atoms with Gasteiger partial charge in [0.05, 0.1) is 5.56 Å². The van der Waals surface area contributed by atoms with Crippen molar-refractivity contribution in [1.29, 1.82) is 0 Å². The number of likely N-dealkylation sites (tertiary alicyclic amines) is 1. The molecule has 9 heteroatoms. The number of nitrogens with one attached hydrogen (secondary N) is 1. The van der Waals surface area contributed by atoms with Gasteiger partial charge in [0.1, 0.15) is 11.7 Å². The number of hydrogen-bond donors (Lipinski definition) is 1. The molecular formula is C26H34F3N3O2S. The van der Waals surface area contributed by atoms with Crippen LogP contribution in [-0.4, -0.2) is 46.8 Å². The van der Waals surface area contributed by atoms with Crippen molar-refractivity contribution in [3.8, 4) is 0 Å². The lowest BCUT2D eigenvalue weighted by Crippen LogP contribution is -2.49. The van der Waals surface area contributed by atoms with Gasteiger partial charge in [0, 0.05) is 31.5 Å². The number of amides is 1. The number of piperidine rings is 1. The van der Waals surface area contributed by atoms with Crippen LogP contribution in [0.1, 0.15) is 63.0 Å². The number of halogens is 3. The number of benzene rings is 1. The van der Waals surface area contributed by atoms with Gasteiger partial charge in [-0.1, -0.05) is 30.3 Å².